The molecule has 6 heteroatoms. The van der Waals surface area contributed by atoms with E-state index in [0.29, 0.717) is 17.0 Å². The van der Waals surface area contributed by atoms with Crippen molar-refractivity contribution in [1.29, 1.82) is 0 Å². The van der Waals surface area contributed by atoms with Crippen LogP contribution in [0, 0.1) is 13.8 Å². The van der Waals surface area contributed by atoms with Crippen molar-refractivity contribution in [3.05, 3.63) is 47.3 Å². The zero-order chi connectivity index (χ0) is 16.3. The quantitative estimate of drug-likeness (QED) is 0.364. The Morgan fingerprint density at radius 2 is 1.77 bits per heavy atom. The first-order chi connectivity index (χ1) is 10.5. The number of benzene rings is 1. The zero-order valence-electron chi connectivity index (χ0n) is 12.6. The third-order valence-electron chi connectivity index (χ3n) is 3.31. The number of esters is 1. The summed E-state index contributed by atoms with van der Waals surface area (Å²) >= 11 is 0. The van der Waals surface area contributed by atoms with Gasteiger partial charge in [0, 0.05) is 0 Å². The molecule has 2 rings (SSSR count). The van der Waals surface area contributed by atoms with Crippen molar-refractivity contribution < 1.29 is 19.1 Å². The van der Waals surface area contributed by atoms with Gasteiger partial charge in [0.2, 0.25) is 5.78 Å². The molecule has 0 saturated heterocycles. The van der Waals surface area contributed by atoms with Gasteiger partial charge in [0.15, 0.2) is 5.78 Å². The molecule has 114 valence electrons. The zero-order valence-corrected chi connectivity index (χ0v) is 12.6. The van der Waals surface area contributed by atoms with Crippen LogP contribution in [-0.2, 0) is 14.3 Å². The highest BCUT2D eigenvalue weighted by atomic mass is 16.5. The molecule has 0 saturated carbocycles. The second kappa shape index (κ2) is 6.34. The van der Waals surface area contributed by atoms with Gasteiger partial charge in [0.1, 0.15) is 0 Å². The molecule has 22 heavy (non-hydrogen) atoms. The molecule has 0 amide bonds. The average molecular weight is 300 g/mol. The summed E-state index contributed by atoms with van der Waals surface area (Å²) in [4.78, 5) is 34.9. The number of ether oxygens (including phenoxy) is 1. The Labute approximate surface area is 127 Å². The molecule has 0 radical (unpaired) electrons. The molecule has 0 atom stereocenters. The number of aryl methyl sites for hydroxylation is 1. The van der Waals surface area contributed by atoms with Crippen LogP contribution in [-0.4, -0.2) is 34.4 Å². The number of carbonyl (C=O) groups is 3. The van der Waals surface area contributed by atoms with Crippen LogP contribution in [0.1, 0.15) is 28.2 Å². The Morgan fingerprint density at radius 3 is 2.36 bits per heavy atom. The summed E-state index contributed by atoms with van der Waals surface area (Å²) in [5.41, 5.74) is 2.33. The first-order valence-corrected chi connectivity index (χ1v) is 6.71. The molecule has 0 aliphatic carbocycles. The van der Waals surface area contributed by atoms with Crippen LogP contribution in [0.2, 0.25) is 0 Å². The average Bonchev–Trinajstić information content (AvgIpc) is 2.82. The lowest BCUT2D eigenvalue weighted by atomic mass is 10.0. The maximum atomic E-state index is 12.3. The van der Waals surface area contributed by atoms with Crippen molar-refractivity contribution in [2.75, 3.05) is 7.11 Å². The van der Waals surface area contributed by atoms with E-state index in [2.05, 4.69) is 9.84 Å². The van der Waals surface area contributed by atoms with Gasteiger partial charge in [0.05, 0.1) is 36.2 Å². The smallest absolute Gasteiger partial charge is 0.374 e. The number of carbonyl (C=O) groups excluding carboxylic acids is 3. The van der Waals surface area contributed by atoms with Gasteiger partial charge in [0.25, 0.3) is 0 Å². The minimum Gasteiger partial charge on any atom is -0.463 e. The van der Waals surface area contributed by atoms with Crippen LogP contribution in [0.3, 0.4) is 0 Å². The molecule has 0 aliphatic rings. The lowest BCUT2D eigenvalue weighted by Gasteiger charge is -2.04. The molecule has 1 aromatic carbocycles. The summed E-state index contributed by atoms with van der Waals surface area (Å²) in [6, 6.07) is 9.36. The molecule has 1 heterocycles. The summed E-state index contributed by atoms with van der Waals surface area (Å²) in [6.45, 7) is 3.45. The van der Waals surface area contributed by atoms with E-state index >= 15 is 0 Å². The van der Waals surface area contributed by atoms with Crippen LogP contribution in [0.5, 0.6) is 0 Å². The van der Waals surface area contributed by atoms with Crippen molar-refractivity contribution in [2.45, 2.75) is 20.3 Å². The van der Waals surface area contributed by atoms with E-state index < -0.39 is 24.0 Å². The van der Waals surface area contributed by atoms with Gasteiger partial charge in [-0.15, -0.1) is 0 Å². The largest absolute Gasteiger partial charge is 0.463 e. The van der Waals surface area contributed by atoms with E-state index in [1.807, 2.05) is 30.3 Å². The molecular weight excluding hydrogens is 284 g/mol. The van der Waals surface area contributed by atoms with E-state index in [1.165, 1.54) is 0 Å². The van der Waals surface area contributed by atoms with Gasteiger partial charge in [-0.3, -0.25) is 9.59 Å². The fourth-order valence-electron chi connectivity index (χ4n) is 2.29. The summed E-state index contributed by atoms with van der Waals surface area (Å²) in [6.07, 6.45) is -0.519. The second-order valence-corrected chi connectivity index (χ2v) is 4.81. The number of nitrogens with zero attached hydrogens (tertiary/aromatic N) is 2. The van der Waals surface area contributed by atoms with Crippen LogP contribution in [0.4, 0.5) is 0 Å². The lowest BCUT2D eigenvalue weighted by Crippen LogP contribution is -2.20. The fourth-order valence-corrected chi connectivity index (χ4v) is 2.29. The summed E-state index contributed by atoms with van der Waals surface area (Å²) in [7, 11) is 1.11. The van der Waals surface area contributed by atoms with E-state index in [4.69, 9.17) is 0 Å². The van der Waals surface area contributed by atoms with E-state index in [9.17, 15) is 14.4 Å². The Hall–Kier alpha value is -2.76. The Balaban J connectivity index is 2.33. The number of Topliss-reactive ketones (excluding diaryl/α,β-unsaturated/α-hetero) is 2. The Bertz CT molecular complexity index is 732. The SMILES string of the molecule is COC(=O)C(=O)CC(=O)c1c(C)nn(-c2ccccc2)c1C. The van der Waals surface area contributed by atoms with Crippen LogP contribution in [0.15, 0.2) is 30.3 Å². The highest BCUT2D eigenvalue weighted by molar-refractivity contribution is 6.38. The van der Waals surface area contributed by atoms with Crippen molar-refractivity contribution in [2.24, 2.45) is 0 Å². The second-order valence-electron chi connectivity index (χ2n) is 4.81. The first kappa shape index (κ1) is 15.6. The van der Waals surface area contributed by atoms with Crippen LogP contribution < -0.4 is 0 Å². The van der Waals surface area contributed by atoms with Crippen LogP contribution in [0.25, 0.3) is 5.69 Å². The monoisotopic (exact) mass is 300 g/mol. The molecule has 0 unspecified atom stereocenters. The number of ketones is 2. The molecule has 0 fully saturated rings. The summed E-state index contributed by atoms with van der Waals surface area (Å²) in [5, 5.41) is 4.34. The van der Waals surface area contributed by atoms with Gasteiger partial charge >= 0.3 is 5.97 Å². The fraction of sp³-hybridized carbons (Fsp3) is 0.250. The maximum absolute atomic E-state index is 12.3. The minimum absolute atomic E-state index is 0.362. The highest BCUT2D eigenvalue weighted by Crippen LogP contribution is 2.19. The maximum Gasteiger partial charge on any atom is 0.374 e. The summed E-state index contributed by atoms with van der Waals surface area (Å²) in [5.74, 6) is -2.31. The molecule has 0 aliphatic heterocycles. The van der Waals surface area contributed by atoms with Crippen molar-refractivity contribution in [3.8, 4) is 5.69 Å². The van der Waals surface area contributed by atoms with Gasteiger partial charge in [-0.05, 0) is 26.0 Å². The number of methoxy groups -OCH3 is 1. The van der Waals surface area contributed by atoms with Gasteiger partial charge < -0.3 is 4.74 Å². The topological polar surface area (TPSA) is 78.3 Å². The lowest BCUT2D eigenvalue weighted by molar-refractivity contribution is -0.151. The van der Waals surface area contributed by atoms with Gasteiger partial charge in [-0.1, -0.05) is 18.2 Å². The normalized spacial score (nSPS) is 10.3. The first-order valence-electron chi connectivity index (χ1n) is 6.71. The summed E-state index contributed by atoms with van der Waals surface area (Å²) < 4.78 is 5.97. The Kier molecular flexibility index (Phi) is 4.50. The van der Waals surface area contributed by atoms with Gasteiger partial charge in [-0.25, -0.2) is 9.48 Å². The highest BCUT2D eigenvalue weighted by Gasteiger charge is 2.24. The molecule has 1 aromatic heterocycles. The number of hydrogen-bond donors (Lipinski definition) is 0. The van der Waals surface area contributed by atoms with E-state index in [0.717, 1.165) is 12.8 Å². The number of rotatable bonds is 5. The standard InChI is InChI=1S/C16H16N2O4/c1-10-15(13(19)9-14(20)16(21)22-3)11(2)18(17-10)12-7-5-4-6-8-12/h4-8H,9H2,1-3H3. The molecule has 0 spiro atoms. The minimum atomic E-state index is -1.01. The predicted molar refractivity (Wildman–Crippen MR) is 79.0 cm³/mol. The van der Waals surface area contributed by atoms with Crippen molar-refractivity contribution >= 4 is 17.5 Å². The van der Waals surface area contributed by atoms with Gasteiger partial charge in [-0.2, -0.15) is 5.10 Å². The third-order valence-corrected chi connectivity index (χ3v) is 3.31. The van der Waals surface area contributed by atoms with Crippen LogP contribution >= 0.6 is 0 Å². The predicted octanol–water partition coefficient (Wildman–Crippen LogP) is 1.80. The van der Waals surface area contributed by atoms with E-state index in [-0.39, 0.29) is 0 Å². The molecule has 2 aromatic rings. The Morgan fingerprint density at radius 1 is 1.14 bits per heavy atom. The number of aromatic nitrogens is 2. The van der Waals surface area contributed by atoms with Crippen molar-refractivity contribution in [1.82, 2.24) is 9.78 Å². The third kappa shape index (κ3) is 2.95. The molecular formula is C16H16N2O4. The molecule has 6 nitrogen and oxygen atoms in total. The number of para-hydroxylation sites is 1. The van der Waals surface area contributed by atoms with E-state index in [1.54, 1.807) is 18.5 Å². The van der Waals surface area contributed by atoms with Crippen molar-refractivity contribution in [3.63, 3.8) is 0 Å². The molecule has 0 N–H and O–H groups in total. The molecule has 0 bridgehead atoms. The number of hydrogen-bond acceptors (Lipinski definition) is 5.